The van der Waals surface area contributed by atoms with Gasteiger partial charge >= 0.3 is 6.09 Å². The topological polar surface area (TPSA) is 112 Å². The van der Waals surface area contributed by atoms with Gasteiger partial charge in [0.1, 0.15) is 52.0 Å². The molecule has 0 saturated carbocycles. The first kappa shape index (κ1) is 38.1. The molecule has 10 heteroatoms. The van der Waals surface area contributed by atoms with Crippen LogP contribution in [0.1, 0.15) is 46.5 Å². The summed E-state index contributed by atoms with van der Waals surface area (Å²) in [5.41, 5.74) is 3.20. The molecule has 2 aliphatic heterocycles. The monoisotopic (exact) mass is 788 g/mol. The number of hydrogen-bond donors (Lipinski definition) is 1. The van der Waals surface area contributed by atoms with Crippen molar-refractivity contribution in [1.29, 1.82) is 0 Å². The largest absolute Gasteiger partial charge is 0.490 e. The van der Waals surface area contributed by atoms with Crippen LogP contribution in [0, 0.1) is 0 Å². The van der Waals surface area contributed by atoms with E-state index in [0.717, 1.165) is 116 Å². The number of ether oxygens (including phenoxy) is 3. The Hall–Kier alpha value is -6.39. The van der Waals surface area contributed by atoms with E-state index in [-0.39, 0.29) is 18.3 Å². The summed E-state index contributed by atoms with van der Waals surface area (Å²) < 4.78 is 30.2. The third-order valence-corrected chi connectivity index (χ3v) is 10.8. The third-order valence-electron chi connectivity index (χ3n) is 10.8. The van der Waals surface area contributed by atoms with Crippen LogP contribution in [-0.2, 0) is 4.74 Å². The molecule has 6 heterocycles. The second kappa shape index (κ2) is 16.5. The molecule has 0 unspecified atom stereocenters. The lowest BCUT2D eigenvalue weighted by molar-refractivity contribution is 0.0126. The highest BCUT2D eigenvalue weighted by molar-refractivity contribution is 5.98. The number of piperidine rings is 2. The molecule has 59 heavy (non-hydrogen) atoms. The van der Waals surface area contributed by atoms with Crippen LogP contribution in [0.15, 0.2) is 131 Å². The van der Waals surface area contributed by atoms with Crippen molar-refractivity contribution in [3.8, 4) is 34.1 Å². The van der Waals surface area contributed by atoms with Gasteiger partial charge in [-0.15, -0.1) is 0 Å². The Morgan fingerprint density at radius 2 is 1.12 bits per heavy atom. The first-order valence-corrected chi connectivity index (χ1v) is 20.5. The lowest BCUT2D eigenvalue weighted by atomic mass is 10.0. The molecular formula is C49H48N4O6. The van der Waals surface area contributed by atoms with Crippen LogP contribution in [-0.4, -0.2) is 64.9 Å². The van der Waals surface area contributed by atoms with Crippen molar-refractivity contribution in [2.24, 2.45) is 0 Å². The number of pyridine rings is 2. The predicted octanol–water partition coefficient (Wildman–Crippen LogP) is 11.2. The lowest BCUT2D eigenvalue weighted by Crippen LogP contribution is -2.44. The van der Waals surface area contributed by atoms with Crippen molar-refractivity contribution in [2.45, 2.75) is 64.3 Å². The number of furan rings is 2. The van der Waals surface area contributed by atoms with Gasteiger partial charge in [0.05, 0.1) is 0 Å². The highest BCUT2D eigenvalue weighted by Gasteiger charge is 2.28. The summed E-state index contributed by atoms with van der Waals surface area (Å²) in [7, 11) is 0. The van der Waals surface area contributed by atoms with Crippen molar-refractivity contribution in [3.63, 3.8) is 0 Å². The number of para-hydroxylation sites is 2. The van der Waals surface area contributed by atoms with Crippen LogP contribution in [0.3, 0.4) is 0 Å². The van der Waals surface area contributed by atoms with E-state index in [4.69, 9.17) is 23.0 Å². The zero-order valence-electron chi connectivity index (χ0n) is 33.6. The number of carbonyl (C=O) groups is 1. The van der Waals surface area contributed by atoms with Crippen LogP contribution in [0.5, 0.6) is 11.5 Å². The molecular weight excluding hydrogens is 741 g/mol. The minimum atomic E-state index is -0.484. The summed E-state index contributed by atoms with van der Waals surface area (Å²) in [5.74, 6) is 3.34. The minimum Gasteiger partial charge on any atom is -0.490 e. The van der Waals surface area contributed by atoms with Crippen molar-refractivity contribution in [1.82, 2.24) is 20.2 Å². The zero-order valence-corrected chi connectivity index (χ0v) is 33.6. The van der Waals surface area contributed by atoms with Crippen molar-refractivity contribution in [3.05, 3.63) is 122 Å². The summed E-state index contributed by atoms with van der Waals surface area (Å²) in [5, 5.41) is 9.78. The fraction of sp³-hybridized carbons (Fsp3) is 0.286. The van der Waals surface area contributed by atoms with Gasteiger partial charge in [0.25, 0.3) is 0 Å². The van der Waals surface area contributed by atoms with E-state index in [0.29, 0.717) is 13.1 Å². The summed E-state index contributed by atoms with van der Waals surface area (Å²) in [6.07, 6.45) is 11.2. The number of nitrogens with zero attached hydrogens (tertiary/aromatic N) is 3. The first-order chi connectivity index (χ1) is 28.7. The van der Waals surface area contributed by atoms with E-state index in [1.54, 1.807) is 4.90 Å². The number of likely N-dealkylation sites (tertiary alicyclic amines) is 1. The van der Waals surface area contributed by atoms with E-state index >= 15 is 0 Å². The fourth-order valence-electron chi connectivity index (χ4n) is 7.84. The summed E-state index contributed by atoms with van der Waals surface area (Å²) in [6.45, 7) is 8.95. The Morgan fingerprint density at radius 1 is 0.627 bits per heavy atom. The highest BCUT2D eigenvalue weighted by atomic mass is 16.6. The van der Waals surface area contributed by atoms with Crippen LogP contribution >= 0.6 is 0 Å². The van der Waals surface area contributed by atoms with Crippen molar-refractivity contribution >= 4 is 49.6 Å². The van der Waals surface area contributed by atoms with Crippen LogP contribution < -0.4 is 14.8 Å². The maximum absolute atomic E-state index is 12.3. The van der Waals surface area contributed by atoms with Crippen LogP contribution in [0.4, 0.5) is 4.79 Å². The molecule has 4 aromatic carbocycles. The number of hydrogen-bond acceptors (Lipinski definition) is 9. The van der Waals surface area contributed by atoms with Gasteiger partial charge in [-0.2, -0.15) is 0 Å². The standard InChI is InChI=1S/C27H28N2O4.C22H20N2O2/c1-27(2,3)33-26(30)29-12-10-20(11-13-29)31-21-9-8-19-16-28-17-23(22(19)15-21)25-14-18-6-4-5-7-24(18)32-25;1-2-4-21-15(3-1)11-22(26-21)20-14-24-13-16-5-6-18(12-19(16)20)25-17-7-9-23-10-8-17/h4-9,14-17,20H,10-13H2,1-3H3;1-6,11-14,17,23H,7-10H2. The number of aromatic nitrogens is 2. The molecule has 10 rings (SSSR count). The van der Waals surface area contributed by atoms with E-state index in [1.807, 2.05) is 112 Å². The van der Waals surface area contributed by atoms with Gasteiger partial charge in [-0.1, -0.05) is 36.4 Å². The molecule has 2 saturated heterocycles. The second-order valence-corrected chi connectivity index (χ2v) is 16.3. The lowest BCUT2D eigenvalue weighted by Gasteiger charge is -2.33. The van der Waals surface area contributed by atoms with Gasteiger partial charge in [0.2, 0.25) is 0 Å². The number of rotatable bonds is 6. The fourth-order valence-corrected chi connectivity index (χ4v) is 7.84. The predicted molar refractivity (Wildman–Crippen MR) is 232 cm³/mol. The molecule has 0 aliphatic carbocycles. The van der Waals surface area contributed by atoms with Crippen molar-refractivity contribution in [2.75, 3.05) is 26.2 Å². The van der Waals surface area contributed by atoms with Gasteiger partial charge < -0.3 is 33.3 Å². The Balaban J connectivity index is 0.000000156. The van der Waals surface area contributed by atoms with Crippen LogP contribution in [0.2, 0.25) is 0 Å². The van der Waals surface area contributed by atoms with Crippen LogP contribution in [0.25, 0.3) is 66.1 Å². The van der Waals surface area contributed by atoms with Gasteiger partial charge in [0, 0.05) is 83.4 Å². The normalized spacial score (nSPS) is 15.3. The first-order valence-electron chi connectivity index (χ1n) is 20.5. The molecule has 0 spiro atoms. The van der Waals surface area contributed by atoms with E-state index in [2.05, 4.69) is 45.6 Å². The van der Waals surface area contributed by atoms with Crippen molar-refractivity contribution < 1.29 is 27.8 Å². The van der Waals surface area contributed by atoms with Gasteiger partial charge in [-0.3, -0.25) is 9.97 Å². The molecule has 2 aliphatic rings. The average Bonchev–Trinajstić information content (AvgIpc) is 3.89. The van der Waals surface area contributed by atoms with Gasteiger partial charge in [-0.05, 0) is 118 Å². The molecule has 0 radical (unpaired) electrons. The maximum atomic E-state index is 12.3. The molecule has 1 amide bonds. The van der Waals surface area contributed by atoms with E-state index in [1.165, 1.54) is 0 Å². The Kier molecular flexibility index (Phi) is 10.6. The van der Waals surface area contributed by atoms with Gasteiger partial charge in [-0.25, -0.2) is 4.79 Å². The molecule has 300 valence electrons. The molecule has 8 aromatic rings. The zero-order chi connectivity index (χ0) is 40.3. The number of fused-ring (bicyclic) bond motifs is 4. The summed E-state index contributed by atoms with van der Waals surface area (Å²) in [4.78, 5) is 22.9. The summed E-state index contributed by atoms with van der Waals surface area (Å²) >= 11 is 0. The second-order valence-electron chi connectivity index (χ2n) is 16.3. The Labute approximate surface area is 343 Å². The quantitative estimate of drug-likeness (QED) is 0.176. The highest BCUT2D eigenvalue weighted by Crippen LogP contribution is 2.36. The molecule has 10 nitrogen and oxygen atoms in total. The molecule has 1 N–H and O–H groups in total. The maximum Gasteiger partial charge on any atom is 0.410 e. The Morgan fingerprint density at radius 3 is 1.61 bits per heavy atom. The number of nitrogens with one attached hydrogen (secondary N) is 1. The molecule has 0 bridgehead atoms. The van der Waals surface area contributed by atoms with E-state index < -0.39 is 5.60 Å². The number of benzene rings is 4. The molecule has 2 fully saturated rings. The number of carbonyl (C=O) groups excluding carboxylic acids is 1. The molecule has 0 atom stereocenters. The molecule has 4 aromatic heterocycles. The van der Waals surface area contributed by atoms with Gasteiger partial charge in [0.15, 0.2) is 0 Å². The minimum absolute atomic E-state index is 0.0534. The Bertz CT molecular complexity index is 2670. The third kappa shape index (κ3) is 8.73. The SMILES string of the molecule is CC(C)(C)OC(=O)N1CCC(Oc2ccc3cncc(-c4cc5ccccc5o4)c3c2)CC1.c1ccc2oc(-c3cncc4ccc(OC5CCNCC5)cc34)cc2c1. The van der Waals surface area contributed by atoms with E-state index in [9.17, 15) is 4.79 Å². The smallest absolute Gasteiger partial charge is 0.410 e. The summed E-state index contributed by atoms with van der Waals surface area (Å²) in [6, 6.07) is 32.4. The average molecular weight is 789 g/mol. The number of amides is 1.